The molecule has 3 aromatic rings. The molecule has 12 heteroatoms. The Labute approximate surface area is 242 Å². The van der Waals surface area contributed by atoms with Crippen LogP contribution in [-0.4, -0.2) is 44.3 Å². The van der Waals surface area contributed by atoms with E-state index in [9.17, 15) is 18.0 Å². The third-order valence-electron chi connectivity index (χ3n) is 5.67. The molecule has 0 aliphatic carbocycles. The molecule has 0 heterocycles. The van der Waals surface area contributed by atoms with Gasteiger partial charge >= 0.3 is 0 Å². The number of nitrogens with one attached hydrogen (secondary N) is 1. The zero-order valence-corrected chi connectivity index (χ0v) is 24.3. The number of hydrogen-bond donors (Lipinski definition) is 1. The predicted molar refractivity (Wildman–Crippen MR) is 153 cm³/mol. The Hall–Kier alpha value is -2.49. The highest BCUT2D eigenvalue weighted by Gasteiger charge is 2.33. The molecule has 7 nitrogen and oxygen atoms in total. The second-order valence-electron chi connectivity index (χ2n) is 8.24. The van der Waals surface area contributed by atoms with Gasteiger partial charge in [-0.2, -0.15) is 0 Å². The number of nitrogens with zero attached hydrogens (tertiary/aromatic N) is 2. The lowest BCUT2D eigenvalue weighted by Gasteiger charge is -2.32. The Morgan fingerprint density at radius 2 is 1.58 bits per heavy atom. The first-order valence-electron chi connectivity index (χ1n) is 11.5. The van der Waals surface area contributed by atoms with E-state index in [2.05, 4.69) is 5.32 Å². The van der Waals surface area contributed by atoms with Gasteiger partial charge in [-0.1, -0.05) is 76.7 Å². The molecule has 0 spiro atoms. The van der Waals surface area contributed by atoms with Crippen LogP contribution in [0.2, 0.25) is 20.1 Å². The molecule has 2 amide bonds. The maximum absolute atomic E-state index is 13.8. The van der Waals surface area contributed by atoms with Crippen molar-refractivity contribution in [3.63, 3.8) is 0 Å². The van der Waals surface area contributed by atoms with E-state index in [0.29, 0.717) is 17.1 Å². The number of halogens is 4. The predicted octanol–water partition coefficient (Wildman–Crippen LogP) is 6.05. The van der Waals surface area contributed by atoms with Crippen LogP contribution in [0, 0.1) is 0 Å². The summed E-state index contributed by atoms with van der Waals surface area (Å²) in [5.74, 6) is -1.05. The van der Waals surface area contributed by atoms with Crippen LogP contribution in [0.4, 0.5) is 5.69 Å². The van der Waals surface area contributed by atoms with Crippen molar-refractivity contribution in [1.82, 2.24) is 10.2 Å². The number of sulfonamides is 1. The van der Waals surface area contributed by atoms with Crippen LogP contribution in [0.15, 0.2) is 71.6 Å². The normalized spacial score (nSPS) is 12.1. The third kappa shape index (κ3) is 6.93. The van der Waals surface area contributed by atoms with Gasteiger partial charge in [0.25, 0.3) is 10.0 Å². The molecule has 3 aromatic carbocycles. The Bertz CT molecular complexity index is 1420. The molecule has 0 aliphatic rings. The van der Waals surface area contributed by atoms with Gasteiger partial charge in [0.1, 0.15) is 12.6 Å². The SMILES string of the molecule is CCNC(=O)[C@@H](C)N(Cc1ccc(Cl)c(Cl)c1)C(=O)CN(c1cccc(Cl)c1Cl)S(=O)(=O)c1ccccc1. The monoisotopic (exact) mass is 615 g/mol. The first-order valence-corrected chi connectivity index (χ1v) is 14.5. The Morgan fingerprint density at radius 1 is 0.895 bits per heavy atom. The molecule has 0 bridgehead atoms. The van der Waals surface area contributed by atoms with Crippen molar-refractivity contribution in [2.24, 2.45) is 0 Å². The van der Waals surface area contributed by atoms with Crippen molar-refractivity contribution in [1.29, 1.82) is 0 Å². The lowest BCUT2D eigenvalue weighted by molar-refractivity contribution is -0.139. The molecule has 38 heavy (non-hydrogen) atoms. The van der Waals surface area contributed by atoms with Crippen molar-refractivity contribution in [2.75, 3.05) is 17.4 Å². The number of carbonyl (C=O) groups is 2. The maximum Gasteiger partial charge on any atom is 0.264 e. The lowest BCUT2D eigenvalue weighted by Crippen LogP contribution is -2.51. The number of hydrogen-bond acceptors (Lipinski definition) is 4. The minimum atomic E-state index is -4.26. The number of amides is 2. The zero-order valence-electron chi connectivity index (χ0n) is 20.5. The average molecular weight is 617 g/mol. The summed E-state index contributed by atoms with van der Waals surface area (Å²) >= 11 is 24.8. The molecule has 1 atom stereocenters. The van der Waals surface area contributed by atoms with Crippen molar-refractivity contribution < 1.29 is 18.0 Å². The summed E-state index contributed by atoms with van der Waals surface area (Å²) in [7, 11) is -4.26. The quantitative estimate of drug-likeness (QED) is 0.300. The number of carbonyl (C=O) groups excluding carboxylic acids is 2. The van der Waals surface area contributed by atoms with E-state index in [4.69, 9.17) is 46.4 Å². The first-order chi connectivity index (χ1) is 18.0. The molecular formula is C26H25Cl4N3O4S. The summed E-state index contributed by atoms with van der Waals surface area (Å²) in [5, 5.41) is 3.39. The molecule has 3 rings (SSSR count). The molecule has 0 saturated carbocycles. The minimum absolute atomic E-state index is 0.0246. The van der Waals surface area contributed by atoms with E-state index in [1.54, 1.807) is 50.2 Å². The van der Waals surface area contributed by atoms with Crippen LogP contribution < -0.4 is 9.62 Å². The molecule has 1 N–H and O–H groups in total. The highest BCUT2D eigenvalue weighted by atomic mass is 35.5. The Morgan fingerprint density at radius 3 is 2.21 bits per heavy atom. The third-order valence-corrected chi connectivity index (χ3v) is 8.99. The fourth-order valence-electron chi connectivity index (χ4n) is 3.66. The second kappa shape index (κ2) is 13.0. The van der Waals surface area contributed by atoms with Gasteiger partial charge in [-0.15, -0.1) is 0 Å². The highest BCUT2D eigenvalue weighted by Crippen LogP contribution is 2.35. The van der Waals surface area contributed by atoms with Gasteiger partial charge in [0.2, 0.25) is 11.8 Å². The van der Waals surface area contributed by atoms with Gasteiger partial charge in [-0.25, -0.2) is 8.42 Å². The largest absolute Gasteiger partial charge is 0.355 e. The van der Waals surface area contributed by atoms with E-state index in [-0.39, 0.29) is 32.2 Å². The first kappa shape index (κ1) is 30.1. The van der Waals surface area contributed by atoms with Crippen LogP contribution in [0.25, 0.3) is 0 Å². The van der Waals surface area contributed by atoms with Crippen molar-refractivity contribution in [3.05, 3.63) is 92.4 Å². The minimum Gasteiger partial charge on any atom is -0.355 e. The number of rotatable bonds is 10. The topological polar surface area (TPSA) is 86.8 Å². The van der Waals surface area contributed by atoms with Gasteiger partial charge in [-0.05, 0) is 55.8 Å². The molecule has 0 aliphatic heterocycles. The van der Waals surface area contributed by atoms with E-state index < -0.39 is 34.4 Å². The van der Waals surface area contributed by atoms with Gasteiger partial charge in [0.15, 0.2) is 0 Å². The summed E-state index contributed by atoms with van der Waals surface area (Å²) < 4.78 is 28.4. The zero-order chi connectivity index (χ0) is 28.0. The number of benzene rings is 3. The van der Waals surface area contributed by atoms with Gasteiger partial charge in [-0.3, -0.25) is 13.9 Å². The summed E-state index contributed by atoms with van der Waals surface area (Å²) in [6.45, 7) is 2.98. The summed E-state index contributed by atoms with van der Waals surface area (Å²) in [4.78, 5) is 27.8. The fourth-order valence-corrected chi connectivity index (χ4v) is 5.87. The Balaban J connectivity index is 2.07. The molecule has 0 fully saturated rings. The molecule has 0 saturated heterocycles. The Kier molecular flexibility index (Phi) is 10.3. The van der Waals surface area contributed by atoms with Crippen LogP contribution in [0.1, 0.15) is 19.4 Å². The van der Waals surface area contributed by atoms with Gasteiger partial charge in [0.05, 0.1) is 30.7 Å². The average Bonchev–Trinajstić information content (AvgIpc) is 2.89. The van der Waals surface area contributed by atoms with Crippen LogP contribution >= 0.6 is 46.4 Å². The molecule has 0 aromatic heterocycles. The molecule has 202 valence electrons. The number of likely N-dealkylation sites (N-methyl/N-ethyl adjacent to an activating group) is 1. The van der Waals surface area contributed by atoms with E-state index in [0.717, 1.165) is 4.31 Å². The van der Waals surface area contributed by atoms with E-state index in [1.165, 1.54) is 35.2 Å². The summed E-state index contributed by atoms with van der Waals surface area (Å²) in [6, 6.07) is 16.0. The highest BCUT2D eigenvalue weighted by molar-refractivity contribution is 7.92. The van der Waals surface area contributed by atoms with Crippen molar-refractivity contribution in [2.45, 2.75) is 31.3 Å². The molecule has 0 radical (unpaired) electrons. The standard InChI is InChI=1S/C26H25Cl4N3O4S/c1-3-31-26(35)17(2)32(15-18-12-13-20(27)22(29)14-18)24(34)16-33(23-11-7-10-21(28)25(23)30)38(36,37)19-8-5-4-6-9-19/h4-14,17H,3,15-16H2,1-2H3,(H,31,35)/t17-/m1/s1. The van der Waals surface area contributed by atoms with Crippen molar-refractivity contribution in [3.8, 4) is 0 Å². The van der Waals surface area contributed by atoms with Crippen molar-refractivity contribution >= 4 is 73.9 Å². The lowest BCUT2D eigenvalue weighted by atomic mass is 10.1. The van der Waals surface area contributed by atoms with Crippen LogP contribution in [0.3, 0.4) is 0 Å². The number of anilines is 1. The smallest absolute Gasteiger partial charge is 0.264 e. The molecular weight excluding hydrogens is 592 g/mol. The van der Waals surface area contributed by atoms with E-state index >= 15 is 0 Å². The summed E-state index contributed by atoms with van der Waals surface area (Å²) in [6.07, 6.45) is 0. The fraction of sp³-hybridized carbons (Fsp3) is 0.231. The summed E-state index contributed by atoms with van der Waals surface area (Å²) in [5.41, 5.74) is 0.624. The van der Waals surface area contributed by atoms with E-state index in [1.807, 2.05) is 0 Å². The van der Waals surface area contributed by atoms with Gasteiger partial charge in [0, 0.05) is 13.1 Å². The molecule has 0 unspecified atom stereocenters. The van der Waals surface area contributed by atoms with Crippen LogP contribution in [0.5, 0.6) is 0 Å². The van der Waals surface area contributed by atoms with Crippen LogP contribution in [-0.2, 0) is 26.2 Å². The second-order valence-corrected chi connectivity index (χ2v) is 11.7. The maximum atomic E-state index is 13.8. The van der Waals surface area contributed by atoms with Gasteiger partial charge < -0.3 is 10.2 Å².